The summed E-state index contributed by atoms with van der Waals surface area (Å²) in [5, 5.41) is 8.70. The molecule has 0 atom stereocenters. The van der Waals surface area contributed by atoms with E-state index in [0.717, 1.165) is 35.7 Å². The first-order valence-electron chi connectivity index (χ1n) is 6.23. The fourth-order valence-electron chi connectivity index (χ4n) is 1.72. The average molecular weight is 278 g/mol. The number of benzene rings is 1. The molecule has 0 unspecified atom stereocenters. The van der Waals surface area contributed by atoms with Crippen LogP contribution in [-0.2, 0) is 0 Å². The minimum Gasteiger partial charge on any atom is -0.454 e. The number of fused-ring (bicyclic) bond motifs is 1. The highest BCUT2D eigenvalue weighted by Gasteiger charge is 2.16. The van der Waals surface area contributed by atoms with Crippen molar-refractivity contribution in [2.75, 3.05) is 12.5 Å². The standard InChI is InChI=1S/C13H14N2O3S/c1-2-3-6-19-13-15-14-12(18-13)9-4-5-10-11(7-9)17-8-16-10/h4-5,7H,2-3,6,8H2,1H3. The molecule has 0 spiro atoms. The van der Waals surface area contributed by atoms with Gasteiger partial charge in [0.2, 0.25) is 12.7 Å². The third kappa shape index (κ3) is 2.68. The van der Waals surface area contributed by atoms with Gasteiger partial charge in [-0.15, -0.1) is 10.2 Å². The number of unbranched alkanes of at least 4 members (excludes halogenated alkanes) is 1. The number of thioether (sulfide) groups is 1. The van der Waals surface area contributed by atoms with Crippen molar-refractivity contribution in [3.63, 3.8) is 0 Å². The monoisotopic (exact) mass is 278 g/mol. The Balaban J connectivity index is 1.75. The van der Waals surface area contributed by atoms with Gasteiger partial charge in [0.1, 0.15) is 0 Å². The number of ether oxygens (including phenoxy) is 2. The molecule has 0 fully saturated rings. The van der Waals surface area contributed by atoms with Gasteiger partial charge in [0.15, 0.2) is 11.5 Å². The van der Waals surface area contributed by atoms with E-state index in [0.29, 0.717) is 11.1 Å². The van der Waals surface area contributed by atoms with Crippen molar-refractivity contribution in [1.82, 2.24) is 10.2 Å². The van der Waals surface area contributed by atoms with Gasteiger partial charge < -0.3 is 13.9 Å². The SMILES string of the molecule is CCCCSc1nnc(-c2ccc3c(c2)OCO3)o1. The lowest BCUT2D eigenvalue weighted by atomic mass is 10.2. The van der Waals surface area contributed by atoms with Crippen molar-refractivity contribution in [3.8, 4) is 23.0 Å². The van der Waals surface area contributed by atoms with Gasteiger partial charge in [0, 0.05) is 11.3 Å². The van der Waals surface area contributed by atoms with Crippen molar-refractivity contribution in [1.29, 1.82) is 0 Å². The molecular formula is C13H14N2O3S. The maximum absolute atomic E-state index is 5.62. The van der Waals surface area contributed by atoms with Gasteiger partial charge in [-0.1, -0.05) is 25.1 Å². The smallest absolute Gasteiger partial charge is 0.276 e. The van der Waals surface area contributed by atoms with Crippen LogP contribution in [0, 0.1) is 0 Å². The second kappa shape index (κ2) is 5.52. The van der Waals surface area contributed by atoms with E-state index < -0.39 is 0 Å². The van der Waals surface area contributed by atoms with Crippen LogP contribution in [0.4, 0.5) is 0 Å². The molecule has 0 aliphatic carbocycles. The molecule has 3 rings (SSSR count). The Hall–Kier alpha value is -1.69. The highest BCUT2D eigenvalue weighted by Crippen LogP contribution is 2.35. The van der Waals surface area contributed by atoms with Crippen LogP contribution in [-0.4, -0.2) is 22.7 Å². The maximum atomic E-state index is 5.62. The first-order valence-corrected chi connectivity index (χ1v) is 7.21. The van der Waals surface area contributed by atoms with Crippen LogP contribution in [0.5, 0.6) is 11.5 Å². The fourth-order valence-corrected chi connectivity index (χ4v) is 2.56. The summed E-state index contributed by atoms with van der Waals surface area (Å²) >= 11 is 1.59. The molecule has 1 aliphatic heterocycles. The molecule has 1 aromatic heterocycles. The molecule has 2 heterocycles. The largest absolute Gasteiger partial charge is 0.454 e. The van der Waals surface area contributed by atoms with Crippen LogP contribution in [0.2, 0.25) is 0 Å². The first-order chi connectivity index (χ1) is 9.36. The molecule has 6 heteroatoms. The zero-order valence-corrected chi connectivity index (χ0v) is 11.4. The van der Waals surface area contributed by atoms with E-state index in [9.17, 15) is 0 Å². The van der Waals surface area contributed by atoms with Crippen molar-refractivity contribution in [2.45, 2.75) is 25.0 Å². The first kappa shape index (κ1) is 12.3. The van der Waals surface area contributed by atoms with E-state index in [2.05, 4.69) is 17.1 Å². The van der Waals surface area contributed by atoms with Gasteiger partial charge in [0.25, 0.3) is 5.22 Å². The predicted molar refractivity (Wildman–Crippen MR) is 71.5 cm³/mol. The Kier molecular flexibility index (Phi) is 3.59. The predicted octanol–water partition coefficient (Wildman–Crippen LogP) is 3.36. The number of nitrogens with zero attached hydrogens (tertiary/aromatic N) is 2. The molecular weight excluding hydrogens is 264 g/mol. The van der Waals surface area contributed by atoms with E-state index >= 15 is 0 Å². The molecule has 19 heavy (non-hydrogen) atoms. The van der Waals surface area contributed by atoms with Gasteiger partial charge in [0.05, 0.1) is 0 Å². The quantitative estimate of drug-likeness (QED) is 0.617. The van der Waals surface area contributed by atoms with Crippen LogP contribution in [0.25, 0.3) is 11.5 Å². The summed E-state index contributed by atoms with van der Waals surface area (Å²) in [5.74, 6) is 2.98. The minimum atomic E-state index is 0.265. The topological polar surface area (TPSA) is 57.4 Å². The Labute approximate surface area is 115 Å². The number of hydrogen-bond donors (Lipinski definition) is 0. The molecule has 1 aliphatic rings. The molecule has 0 bridgehead atoms. The van der Waals surface area contributed by atoms with E-state index in [1.165, 1.54) is 0 Å². The van der Waals surface area contributed by atoms with Crippen LogP contribution in [0.3, 0.4) is 0 Å². The van der Waals surface area contributed by atoms with E-state index in [4.69, 9.17) is 13.9 Å². The maximum Gasteiger partial charge on any atom is 0.276 e. The second-order valence-electron chi connectivity index (χ2n) is 4.14. The van der Waals surface area contributed by atoms with E-state index in [1.807, 2.05) is 18.2 Å². The highest BCUT2D eigenvalue weighted by atomic mass is 32.2. The van der Waals surface area contributed by atoms with E-state index in [1.54, 1.807) is 11.8 Å². The van der Waals surface area contributed by atoms with Crippen molar-refractivity contribution >= 4 is 11.8 Å². The molecule has 0 radical (unpaired) electrons. The van der Waals surface area contributed by atoms with Crippen LogP contribution in [0.1, 0.15) is 19.8 Å². The van der Waals surface area contributed by atoms with Gasteiger partial charge in [-0.3, -0.25) is 0 Å². The number of rotatable bonds is 5. The minimum absolute atomic E-state index is 0.265. The van der Waals surface area contributed by atoms with Gasteiger partial charge in [-0.25, -0.2) is 0 Å². The third-order valence-corrected chi connectivity index (χ3v) is 3.65. The lowest BCUT2D eigenvalue weighted by Crippen LogP contribution is -1.92. The molecule has 0 saturated carbocycles. The van der Waals surface area contributed by atoms with Crippen LogP contribution < -0.4 is 9.47 Å². The summed E-state index contributed by atoms with van der Waals surface area (Å²) in [5.41, 5.74) is 0.846. The van der Waals surface area contributed by atoms with Crippen molar-refractivity contribution in [3.05, 3.63) is 18.2 Å². The highest BCUT2D eigenvalue weighted by molar-refractivity contribution is 7.99. The summed E-state index contributed by atoms with van der Waals surface area (Å²) in [6, 6.07) is 5.60. The molecule has 0 amide bonds. The zero-order valence-electron chi connectivity index (χ0n) is 10.6. The number of hydrogen-bond acceptors (Lipinski definition) is 6. The molecule has 1 aromatic carbocycles. The van der Waals surface area contributed by atoms with Gasteiger partial charge >= 0.3 is 0 Å². The van der Waals surface area contributed by atoms with Gasteiger partial charge in [-0.2, -0.15) is 0 Å². The summed E-state index contributed by atoms with van der Waals surface area (Å²) in [4.78, 5) is 0. The normalized spacial score (nSPS) is 12.9. The van der Waals surface area contributed by atoms with E-state index in [-0.39, 0.29) is 6.79 Å². The summed E-state index contributed by atoms with van der Waals surface area (Å²) in [6.07, 6.45) is 2.31. The van der Waals surface area contributed by atoms with Crippen LogP contribution >= 0.6 is 11.8 Å². The zero-order chi connectivity index (χ0) is 13.1. The summed E-state index contributed by atoms with van der Waals surface area (Å²) in [6.45, 7) is 2.42. The molecule has 5 nitrogen and oxygen atoms in total. The fraction of sp³-hybridized carbons (Fsp3) is 0.385. The molecule has 2 aromatic rings. The average Bonchev–Trinajstić information content (AvgIpc) is 3.06. The lowest BCUT2D eigenvalue weighted by molar-refractivity contribution is 0.174. The third-order valence-electron chi connectivity index (χ3n) is 2.75. The van der Waals surface area contributed by atoms with Gasteiger partial charge in [-0.05, 0) is 24.6 Å². The molecule has 0 saturated heterocycles. The summed E-state index contributed by atoms with van der Waals surface area (Å²) in [7, 11) is 0. The lowest BCUT2D eigenvalue weighted by Gasteiger charge is -1.98. The Morgan fingerprint density at radius 1 is 1.21 bits per heavy atom. The summed E-state index contributed by atoms with van der Waals surface area (Å²) < 4.78 is 16.2. The Morgan fingerprint density at radius 3 is 3.00 bits per heavy atom. The Morgan fingerprint density at radius 2 is 2.11 bits per heavy atom. The second-order valence-corrected chi connectivity index (χ2v) is 5.19. The van der Waals surface area contributed by atoms with Crippen molar-refractivity contribution in [2.24, 2.45) is 0 Å². The van der Waals surface area contributed by atoms with Crippen LogP contribution in [0.15, 0.2) is 27.8 Å². The molecule has 0 N–H and O–H groups in total. The van der Waals surface area contributed by atoms with Crippen molar-refractivity contribution < 1.29 is 13.9 Å². The molecule has 100 valence electrons. The number of aromatic nitrogens is 2. The Bertz CT molecular complexity index is 571.